The maximum absolute atomic E-state index is 5.43. The molecule has 2 aliphatic heterocycles. The van der Waals surface area contributed by atoms with Crippen LogP contribution in [0.3, 0.4) is 0 Å². The molecule has 26 heavy (non-hydrogen) atoms. The normalized spacial score (nSPS) is 19.2. The third kappa shape index (κ3) is 3.81. The summed E-state index contributed by atoms with van der Waals surface area (Å²) in [5, 5.41) is 4.57. The van der Waals surface area contributed by atoms with Crippen LogP contribution in [0, 0.1) is 6.92 Å². The molecule has 2 aromatic rings. The van der Waals surface area contributed by atoms with Gasteiger partial charge in [-0.3, -0.25) is 9.58 Å². The molecule has 2 aliphatic rings. The van der Waals surface area contributed by atoms with Gasteiger partial charge in [0.2, 0.25) is 0 Å². The van der Waals surface area contributed by atoms with Gasteiger partial charge in [0, 0.05) is 64.6 Å². The van der Waals surface area contributed by atoms with Gasteiger partial charge in [0.05, 0.1) is 18.9 Å². The molecule has 0 amide bonds. The minimum Gasteiger partial charge on any atom is -0.378 e. The molecular formula is C18H27N7O. The van der Waals surface area contributed by atoms with Crippen LogP contribution >= 0.6 is 0 Å². The van der Waals surface area contributed by atoms with Crippen LogP contribution in [0.25, 0.3) is 0 Å². The van der Waals surface area contributed by atoms with E-state index in [0.29, 0.717) is 0 Å². The predicted octanol–water partition coefficient (Wildman–Crippen LogP) is 0.677. The molecule has 2 aromatic heterocycles. The highest BCUT2D eigenvalue weighted by atomic mass is 16.5. The monoisotopic (exact) mass is 357 g/mol. The number of ether oxygens (including phenoxy) is 1. The van der Waals surface area contributed by atoms with E-state index in [0.717, 1.165) is 76.4 Å². The standard InChI is InChI=1S/C18H27N7O/c1-15-11-16(21-22(15)2)13-23-3-5-24(6-4-23)17-12-18(20-14-19-17)25-7-9-26-10-8-25/h11-12,14H,3-10,13H2,1-2H3. The molecule has 0 atom stereocenters. The number of aryl methyl sites for hydroxylation is 2. The molecule has 0 saturated carbocycles. The first-order valence-electron chi connectivity index (χ1n) is 9.30. The Morgan fingerprint density at radius 3 is 2.19 bits per heavy atom. The van der Waals surface area contributed by atoms with Crippen LogP contribution in [-0.2, 0) is 18.3 Å². The van der Waals surface area contributed by atoms with Crippen molar-refractivity contribution in [1.82, 2.24) is 24.6 Å². The number of nitrogens with zero attached hydrogens (tertiary/aromatic N) is 7. The van der Waals surface area contributed by atoms with E-state index in [-0.39, 0.29) is 0 Å². The molecule has 2 saturated heterocycles. The fourth-order valence-electron chi connectivity index (χ4n) is 3.55. The van der Waals surface area contributed by atoms with Gasteiger partial charge in [-0.15, -0.1) is 0 Å². The molecule has 0 radical (unpaired) electrons. The summed E-state index contributed by atoms with van der Waals surface area (Å²) in [7, 11) is 2.00. The van der Waals surface area contributed by atoms with Crippen LogP contribution < -0.4 is 9.80 Å². The van der Waals surface area contributed by atoms with Crippen molar-refractivity contribution in [3.8, 4) is 0 Å². The van der Waals surface area contributed by atoms with Crippen molar-refractivity contribution >= 4 is 11.6 Å². The molecule has 2 fully saturated rings. The van der Waals surface area contributed by atoms with E-state index in [1.165, 1.54) is 5.69 Å². The number of anilines is 2. The number of rotatable bonds is 4. The number of piperazine rings is 1. The van der Waals surface area contributed by atoms with Crippen LogP contribution in [0.1, 0.15) is 11.4 Å². The summed E-state index contributed by atoms with van der Waals surface area (Å²) in [6.45, 7) is 10.3. The Morgan fingerprint density at radius 2 is 1.58 bits per heavy atom. The highest BCUT2D eigenvalue weighted by Crippen LogP contribution is 2.20. The summed E-state index contributed by atoms with van der Waals surface area (Å²) in [5.41, 5.74) is 2.35. The first-order valence-corrected chi connectivity index (χ1v) is 9.30. The first-order chi connectivity index (χ1) is 12.7. The second-order valence-electron chi connectivity index (χ2n) is 7.00. The van der Waals surface area contributed by atoms with Gasteiger partial charge in [0.1, 0.15) is 18.0 Å². The van der Waals surface area contributed by atoms with E-state index < -0.39 is 0 Å². The molecular weight excluding hydrogens is 330 g/mol. The van der Waals surface area contributed by atoms with Crippen molar-refractivity contribution in [2.75, 3.05) is 62.3 Å². The molecule has 140 valence electrons. The van der Waals surface area contributed by atoms with Crippen LogP contribution in [-0.4, -0.2) is 77.1 Å². The van der Waals surface area contributed by atoms with Crippen molar-refractivity contribution in [3.63, 3.8) is 0 Å². The Labute approximate surface area is 154 Å². The first kappa shape index (κ1) is 17.2. The van der Waals surface area contributed by atoms with Gasteiger partial charge in [0.25, 0.3) is 0 Å². The Morgan fingerprint density at radius 1 is 0.923 bits per heavy atom. The van der Waals surface area contributed by atoms with E-state index >= 15 is 0 Å². The molecule has 0 unspecified atom stereocenters. The third-order valence-corrected chi connectivity index (χ3v) is 5.22. The lowest BCUT2D eigenvalue weighted by molar-refractivity contribution is 0.122. The van der Waals surface area contributed by atoms with E-state index in [2.05, 4.69) is 48.8 Å². The highest BCUT2D eigenvalue weighted by Gasteiger charge is 2.20. The molecule has 0 aliphatic carbocycles. The number of morpholine rings is 1. The minimum atomic E-state index is 0.769. The fourth-order valence-corrected chi connectivity index (χ4v) is 3.55. The van der Waals surface area contributed by atoms with E-state index in [4.69, 9.17) is 4.74 Å². The smallest absolute Gasteiger partial charge is 0.134 e. The molecule has 8 heteroatoms. The summed E-state index contributed by atoms with van der Waals surface area (Å²) in [5.74, 6) is 2.03. The highest BCUT2D eigenvalue weighted by molar-refractivity contribution is 5.50. The summed E-state index contributed by atoms with van der Waals surface area (Å²) in [6, 6.07) is 4.29. The Hall–Kier alpha value is -2.19. The summed E-state index contributed by atoms with van der Waals surface area (Å²) in [6.07, 6.45) is 1.68. The largest absolute Gasteiger partial charge is 0.378 e. The lowest BCUT2D eigenvalue weighted by Crippen LogP contribution is -2.46. The van der Waals surface area contributed by atoms with Crippen molar-refractivity contribution in [2.45, 2.75) is 13.5 Å². The Bertz CT molecular complexity index is 713. The average Bonchev–Trinajstić information content (AvgIpc) is 3.00. The Balaban J connectivity index is 1.35. The van der Waals surface area contributed by atoms with Crippen molar-refractivity contribution in [2.24, 2.45) is 7.05 Å². The minimum absolute atomic E-state index is 0.769. The van der Waals surface area contributed by atoms with Gasteiger partial charge in [-0.2, -0.15) is 5.10 Å². The molecule has 0 bridgehead atoms. The fraction of sp³-hybridized carbons (Fsp3) is 0.611. The topological polar surface area (TPSA) is 62.6 Å². The van der Waals surface area contributed by atoms with Crippen LogP contribution in [0.5, 0.6) is 0 Å². The second-order valence-corrected chi connectivity index (χ2v) is 7.00. The van der Waals surface area contributed by atoms with Gasteiger partial charge in [0.15, 0.2) is 0 Å². The van der Waals surface area contributed by atoms with E-state index in [1.807, 2.05) is 11.7 Å². The molecule has 4 heterocycles. The zero-order chi connectivity index (χ0) is 17.9. The van der Waals surface area contributed by atoms with Crippen molar-refractivity contribution < 1.29 is 4.74 Å². The zero-order valence-corrected chi connectivity index (χ0v) is 15.6. The average molecular weight is 357 g/mol. The molecule has 4 rings (SSSR count). The summed E-state index contributed by atoms with van der Waals surface area (Å²) < 4.78 is 7.37. The SMILES string of the molecule is Cc1cc(CN2CCN(c3cc(N4CCOCC4)ncn3)CC2)nn1C. The van der Waals surface area contributed by atoms with Gasteiger partial charge >= 0.3 is 0 Å². The number of hydrogen-bond donors (Lipinski definition) is 0. The van der Waals surface area contributed by atoms with Crippen molar-refractivity contribution in [3.05, 3.63) is 29.8 Å². The number of aromatic nitrogens is 4. The lowest BCUT2D eigenvalue weighted by atomic mass is 10.2. The van der Waals surface area contributed by atoms with Gasteiger partial charge in [-0.1, -0.05) is 0 Å². The maximum atomic E-state index is 5.43. The molecule has 0 N–H and O–H groups in total. The predicted molar refractivity (Wildman–Crippen MR) is 100 cm³/mol. The number of hydrogen-bond acceptors (Lipinski definition) is 7. The van der Waals surface area contributed by atoms with Crippen LogP contribution in [0.2, 0.25) is 0 Å². The van der Waals surface area contributed by atoms with Crippen LogP contribution in [0.4, 0.5) is 11.6 Å². The molecule has 0 spiro atoms. The van der Waals surface area contributed by atoms with Gasteiger partial charge in [-0.05, 0) is 13.0 Å². The molecule has 0 aromatic carbocycles. The van der Waals surface area contributed by atoms with Gasteiger partial charge in [-0.25, -0.2) is 9.97 Å². The maximum Gasteiger partial charge on any atom is 0.134 e. The lowest BCUT2D eigenvalue weighted by Gasteiger charge is -2.35. The van der Waals surface area contributed by atoms with E-state index in [9.17, 15) is 0 Å². The summed E-state index contributed by atoms with van der Waals surface area (Å²) >= 11 is 0. The Kier molecular flexibility index (Phi) is 5.03. The van der Waals surface area contributed by atoms with Crippen LogP contribution in [0.15, 0.2) is 18.5 Å². The second kappa shape index (κ2) is 7.59. The van der Waals surface area contributed by atoms with Crippen molar-refractivity contribution in [1.29, 1.82) is 0 Å². The quantitative estimate of drug-likeness (QED) is 0.797. The molecule has 8 nitrogen and oxygen atoms in total. The van der Waals surface area contributed by atoms with E-state index in [1.54, 1.807) is 6.33 Å². The summed E-state index contributed by atoms with van der Waals surface area (Å²) in [4.78, 5) is 16.0. The van der Waals surface area contributed by atoms with Gasteiger partial charge < -0.3 is 14.5 Å². The zero-order valence-electron chi connectivity index (χ0n) is 15.6. The third-order valence-electron chi connectivity index (χ3n) is 5.22.